The maximum atomic E-state index is 12.5. The molecule has 2 rings (SSSR count). The molecule has 1 aromatic rings. The second kappa shape index (κ2) is 7.15. The first kappa shape index (κ1) is 15.4. The minimum atomic E-state index is -3.20. The molecule has 1 aromatic heterocycles. The lowest BCUT2D eigenvalue weighted by Gasteiger charge is -2.33. The maximum absolute atomic E-state index is 12.5. The van der Waals surface area contributed by atoms with Crippen LogP contribution in [0.4, 0.5) is 0 Å². The van der Waals surface area contributed by atoms with Crippen LogP contribution >= 0.6 is 0 Å². The zero-order chi connectivity index (χ0) is 14.4. The van der Waals surface area contributed by atoms with Gasteiger partial charge in [-0.2, -0.15) is 4.31 Å². The van der Waals surface area contributed by atoms with Gasteiger partial charge in [-0.1, -0.05) is 6.92 Å². The van der Waals surface area contributed by atoms with Crippen molar-refractivity contribution < 1.29 is 8.42 Å². The fourth-order valence-corrected chi connectivity index (χ4v) is 4.43. The van der Waals surface area contributed by atoms with Gasteiger partial charge in [0.25, 0.3) is 0 Å². The summed E-state index contributed by atoms with van der Waals surface area (Å²) in [5.74, 6) is 0.168. The third-order valence-corrected chi connectivity index (χ3v) is 5.74. The van der Waals surface area contributed by atoms with Crippen LogP contribution in [0.2, 0.25) is 0 Å². The summed E-state index contributed by atoms with van der Waals surface area (Å²) >= 11 is 0. The van der Waals surface area contributed by atoms with Gasteiger partial charge >= 0.3 is 0 Å². The number of nitrogens with one attached hydrogen (secondary N) is 1. The van der Waals surface area contributed by atoms with Crippen molar-refractivity contribution in [3.8, 4) is 0 Å². The quantitative estimate of drug-likeness (QED) is 0.852. The van der Waals surface area contributed by atoms with E-state index in [0.29, 0.717) is 13.0 Å². The van der Waals surface area contributed by atoms with Gasteiger partial charge < -0.3 is 5.32 Å². The summed E-state index contributed by atoms with van der Waals surface area (Å²) in [5, 5.41) is 3.28. The van der Waals surface area contributed by atoms with E-state index < -0.39 is 10.0 Å². The predicted molar refractivity (Wildman–Crippen MR) is 80.0 cm³/mol. The van der Waals surface area contributed by atoms with Gasteiger partial charge in [0.2, 0.25) is 10.0 Å². The molecule has 1 atom stereocenters. The first-order valence-corrected chi connectivity index (χ1v) is 8.83. The molecule has 1 fully saturated rings. The van der Waals surface area contributed by atoms with Crippen molar-refractivity contribution in [3.63, 3.8) is 0 Å². The van der Waals surface area contributed by atoms with Crippen molar-refractivity contribution in [2.45, 2.75) is 32.2 Å². The van der Waals surface area contributed by atoms with Gasteiger partial charge in [0.05, 0.1) is 5.75 Å². The highest BCUT2D eigenvalue weighted by Crippen LogP contribution is 2.16. The lowest BCUT2D eigenvalue weighted by molar-refractivity contribution is 0.274. The van der Waals surface area contributed by atoms with Gasteiger partial charge in [0.15, 0.2) is 0 Å². The van der Waals surface area contributed by atoms with Crippen molar-refractivity contribution in [3.05, 3.63) is 30.1 Å². The summed E-state index contributed by atoms with van der Waals surface area (Å²) in [6.07, 6.45) is 5.94. The minimum Gasteiger partial charge on any atom is -0.315 e. The lowest BCUT2D eigenvalue weighted by Crippen LogP contribution is -2.49. The normalized spacial score (nSPS) is 20.2. The molecular weight excluding hydrogens is 274 g/mol. The van der Waals surface area contributed by atoms with Gasteiger partial charge in [0, 0.05) is 31.5 Å². The van der Waals surface area contributed by atoms with Crippen molar-refractivity contribution in [1.82, 2.24) is 14.6 Å². The first-order chi connectivity index (χ1) is 9.63. The Hall–Kier alpha value is -0.980. The molecule has 2 heterocycles. The number of nitrogens with zero attached hydrogens (tertiary/aromatic N) is 2. The second-order valence-electron chi connectivity index (χ2n) is 5.12. The van der Waals surface area contributed by atoms with E-state index in [-0.39, 0.29) is 11.8 Å². The van der Waals surface area contributed by atoms with Crippen LogP contribution < -0.4 is 5.32 Å². The fourth-order valence-electron chi connectivity index (χ4n) is 2.67. The predicted octanol–water partition coefficient (Wildman–Crippen LogP) is 1.03. The number of hydrogen-bond acceptors (Lipinski definition) is 4. The molecule has 1 saturated heterocycles. The number of pyridine rings is 1. The van der Waals surface area contributed by atoms with Crippen LogP contribution in [-0.4, -0.2) is 49.1 Å². The van der Waals surface area contributed by atoms with Crippen molar-refractivity contribution in [2.75, 3.05) is 25.4 Å². The molecule has 1 aliphatic rings. The molecule has 0 radical (unpaired) electrons. The van der Waals surface area contributed by atoms with Gasteiger partial charge in [-0.15, -0.1) is 0 Å². The van der Waals surface area contributed by atoms with Crippen LogP contribution in [-0.2, 0) is 16.4 Å². The number of sulfonamides is 1. The summed E-state index contributed by atoms with van der Waals surface area (Å²) in [6.45, 7) is 4.22. The molecular formula is C14H23N3O2S. The smallest absolute Gasteiger partial charge is 0.214 e. The maximum Gasteiger partial charge on any atom is 0.214 e. The largest absolute Gasteiger partial charge is 0.315 e. The van der Waals surface area contributed by atoms with E-state index in [9.17, 15) is 8.42 Å². The molecule has 1 unspecified atom stereocenters. The fraction of sp³-hybridized carbons (Fsp3) is 0.643. The molecule has 112 valence electrons. The average molecular weight is 297 g/mol. The van der Waals surface area contributed by atoms with E-state index in [1.165, 1.54) is 0 Å². The van der Waals surface area contributed by atoms with Crippen molar-refractivity contribution >= 4 is 10.0 Å². The van der Waals surface area contributed by atoms with E-state index >= 15 is 0 Å². The average Bonchev–Trinajstić information content (AvgIpc) is 2.48. The second-order valence-corrected chi connectivity index (χ2v) is 7.17. The first-order valence-electron chi connectivity index (χ1n) is 7.22. The lowest BCUT2D eigenvalue weighted by atomic mass is 10.1. The van der Waals surface area contributed by atoms with Gasteiger partial charge in [-0.25, -0.2) is 8.42 Å². The molecule has 0 bridgehead atoms. The molecule has 0 amide bonds. The SMILES string of the molecule is CCN(C1CCCNC1)S(=O)(=O)CCc1ccncc1. The van der Waals surface area contributed by atoms with Crippen LogP contribution in [0.3, 0.4) is 0 Å². The third-order valence-electron chi connectivity index (χ3n) is 3.75. The van der Waals surface area contributed by atoms with Crippen LogP contribution in [0, 0.1) is 0 Å². The Labute approximate surface area is 121 Å². The van der Waals surface area contributed by atoms with Crippen molar-refractivity contribution in [1.29, 1.82) is 0 Å². The molecule has 20 heavy (non-hydrogen) atoms. The van der Waals surface area contributed by atoms with Crippen LogP contribution in [0.25, 0.3) is 0 Å². The zero-order valence-corrected chi connectivity index (χ0v) is 12.8. The van der Waals surface area contributed by atoms with Gasteiger partial charge in [-0.05, 0) is 43.5 Å². The summed E-state index contributed by atoms with van der Waals surface area (Å²) in [6, 6.07) is 3.85. The van der Waals surface area contributed by atoms with E-state index in [0.717, 1.165) is 31.5 Å². The van der Waals surface area contributed by atoms with E-state index in [1.807, 2.05) is 19.1 Å². The Morgan fingerprint density at radius 3 is 2.75 bits per heavy atom. The van der Waals surface area contributed by atoms with Crippen LogP contribution in [0.15, 0.2) is 24.5 Å². The number of piperidine rings is 1. The van der Waals surface area contributed by atoms with Gasteiger partial charge in [0.1, 0.15) is 0 Å². The van der Waals surface area contributed by atoms with Gasteiger partial charge in [-0.3, -0.25) is 4.98 Å². The highest BCUT2D eigenvalue weighted by Gasteiger charge is 2.29. The standard InChI is InChI=1S/C14H23N3O2S/c1-2-17(14-4-3-8-16-12-14)20(18,19)11-7-13-5-9-15-10-6-13/h5-6,9-10,14,16H,2-4,7-8,11-12H2,1H3. The number of aryl methyl sites for hydroxylation is 1. The number of rotatable bonds is 6. The number of likely N-dealkylation sites (N-methyl/N-ethyl adjacent to an activating group) is 1. The molecule has 1 aliphatic heterocycles. The highest BCUT2D eigenvalue weighted by molar-refractivity contribution is 7.89. The Balaban J connectivity index is 1.99. The Kier molecular flexibility index (Phi) is 5.51. The van der Waals surface area contributed by atoms with E-state index in [4.69, 9.17) is 0 Å². The molecule has 5 nitrogen and oxygen atoms in total. The Morgan fingerprint density at radius 2 is 2.15 bits per heavy atom. The zero-order valence-electron chi connectivity index (χ0n) is 12.0. The molecule has 6 heteroatoms. The number of hydrogen-bond donors (Lipinski definition) is 1. The minimum absolute atomic E-state index is 0.108. The van der Waals surface area contributed by atoms with E-state index in [1.54, 1.807) is 16.7 Å². The molecule has 0 saturated carbocycles. The summed E-state index contributed by atoms with van der Waals surface area (Å²) in [7, 11) is -3.20. The molecule has 0 spiro atoms. The Bertz CT molecular complexity index is 498. The Morgan fingerprint density at radius 1 is 1.40 bits per heavy atom. The summed E-state index contributed by atoms with van der Waals surface area (Å²) < 4.78 is 26.7. The summed E-state index contributed by atoms with van der Waals surface area (Å²) in [4.78, 5) is 3.95. The van der Waals surface area contributed by atoms with Crippen LogP contribution in [0.5, 0.6) is 0 Å². The summed E-state index contributed by atoms with van der Waals surface area (Å²) in [5.41, 5.74) is 1.02. The monoisotopic (exact) mass is 297 g/mol. The molecule has 0 aliphatic carbocycles. The molecule has 1 N–H and O–H groups in total. The van der Waals surface area contributed by atoms with Crippen molar-refractivity contribution in [2.24, 2.45) is 0 Å². The highest BCUT2D eigenvalue weighted by atomic mass is 32.2. The number of aromatic nitrogens is 1. The topological polar surface area (TPSA) is 62.3 Å². The van der Waals surface area contributed by atoms with E-state index in [2.05, 4.69) is 10.3 Å². The third kappa shape index (κ3) is 4.01. The van der Waals surface area contributed by atoms with Crippen LogP contribution in [0.1, 0.15) is 25.3 Å². The molecule has 0 aromatic carbocycles.